The van der Waals surface area contributed by atoms with Crippen LogP contribution in [0.4, 0.5) is 4.79 Å². The highest BCUT2D eigenvalue weighted by atomic mass is 35.5. The average molecular weight is 400 g/mol. The average Bonchev–Trinajstić information content (AvgIpc) is 3.27. The number of carbonyl (C=O) groups excluding carboxylic acids is 2. The van der Waals surface area contributed by atoms with Gasteiger partial charge < -0.3 is 15.5 Å². The zero-order valence-electron chi connectivity index (χ0n) is 15.6. The number of halogens is 1. The number of urea groups is 1. The number of amides is 3. The third-order valence-corrected chi connectivity index (χ3v) is 6.68. The molecule has 1 saturated heterocycles. The first kappa shape index (κ1) is 17.6. The van der Waals surface area contributed by atoms with Gasteiger partial charge in [0.1, 0.15) is 0 Å². The van der Waals surface area contributed by atoms with E-state index in [0.717, 1.165) is 29.7 Å². The second-order valence-electron chi connectivity index (χ2n) is 8.19. The smallest absolute Gasteiger partial charge is 0.315 e. The maximum absolute atomic E-state index is 13.1. The summed E-state index contributed by atoms with van der Waals surface area (Å²) in [5.41, 5.74) is 2.63. The van der Waals surface area contributed by atoms with Crippen LogP contribution in [0.15, 0.2) is 30.5 Å². The van der Waals surface area contributed by atoms with Crippen LogP contribution in [0.2, 0.25) is 5.02 Å². The lowest BCUT2D eigenvalue weighted by atomic mass is 9.68. The van der Waals surface area contributed by atoms with Gasteiger partial charge in [-0.15, -0.1) is 0 Å². The highest BCUT2D eigenvalue weighted by molar-refractivity contribution is 6.31. The minimum Gasteiger partial charge on any atom is -0.336 e. The second-order valence-corrected chi connectivity index (χ2v) is 8.60. The van der Waals surface area contributed by atoms with Gasteiger partial charge in [0.05, 0.1) is 28.5 Å². The van der Waals surface area contributed by atoms with Crippen LogP contribution < -0.4 is 10.6 Å². The molecule has 1 aliphatic carbocycles. The Balaban J connectivity index is 1.38. The topological polar surface area (TPSA) is 79.3 Å². The third kappa shape index (κ3) is 2.68. The van der Waals surface area contributed by atoms with Crippen LogP contribution in [0.5, 0.6) is 0 Å². The van der Waals surface area contributed by atoms with Gasteiger partial charge in [-0.05, 0) is 30.4 Å². The number of nitrogens with zero attached hydrogens (tertiary/aromatic N) is 3. The molecule has 8 heteroatoms. The van der Waals surface area contributed by atoms with Crippen LogP contribution in [0.3, 0.4) is 0 Å². The third-order valence-electron chi connectivity index (χ3n) is 6.36. The minimum absolute atomic E-state index is 0.0514. The molecule has 3 aliphatic rings. The van der Waals surface area contributed by atoms with Gasteiger partial charge in [-0.25, -0.2) is 4.79 Å². The number of hydrogen-bond acceptors (Lipinski definition) is 3. The number of hydrogen-bond donors (Lipinski definition) is 2. The van der Waals surface area contributed by atoms with Gasteiger partial charge in [-0.3, -0.25) is 9.48 Å². The van der Waals surface area contributed by atoms with Crippen molar-refractivity contribution in [3.05, 3.63) is 52.3 Å². The Bertz CT molecular complexity index is 946. The Kier molecular flexibility index (Phi) is 3.91. The molecule has 3 amide bonds. The zero-order valence-corrected chi connectivity index (χ0v) is 16.4. The van der Waals surface area contributed by atoms with Crippen LogP contribution in [0.1, 0.15) is 40.5 Å². The van der Waals surface area contributed by atoms with Gasteiger partial charge in [0.2, 0.25) is 0 Å². The summed E-state index contributed by atoms with van der Waals surface area (Å²) < 4.78 is 1.78. The molecule has 2 aromatic rings. The van der Waals surface area contributed by atoms with E-state index in [-0.39, 0.29) is 23.5 Å². The molecule has 0 radical (unpaired) electrons. The van der Waals surface area contributed by atoms with E-state index in [9.17, 15) is 9.59 Å². The lowest BCUT2D eigenvalue weighted by Crippen LogP contribution is -2.56. The Hall–Kier alpha value is -2.54. The maximum atomic E-state index is 13.1. The van der Waals surface area contributed by atoms with Crippen molar-refractivity contribution in [2.75, 3.05) is 13.1 Å². The van der Waals surface area contributed by atoms with Crippen molar-refractivity contribution >= 4 is 23.5 Å². The molecule has 2 aliphatic heterocycles. The Labute approximate surface area is 168 Å². The second kappa shape index (κ2) is 6.24. The molecule has 146 valence electrons. The van der Waals surface area contributed by atoms with Crippen LogP contribution in [0.25, 0.3) is 0 Å². The molecule has 1 aromatic heterocycles. The van der Waals surface area contributed by atoms with Crippen LogP contribution in [-0.2, 0) is 13.5 Å². The number of nitrogens with one attached hydrogen (secondary N) is 2. The molecule has 1 spiro atoms. The molecule has 3 heterocycles. The summed E-state index contributed by atoms with van der Waals surface area (Å²) in [5.74, 6) is 0.455. The van der Waals surface area contributed by atoms with E-state index in [0.29, 0.717) is 30.5 Å². The summed E-state index contributed by atoms with van der Waals surface area (Å²) in [6.07, 6.45) is 4.07. The van der Waals surface area contributed by atoms with Crippen molar-refractivity contribution in [1.29, 1.82) is 0 Å². The molecular weight excluding hydrogens is 378 g/mol. The summed E-state index contributed by atoms with van der Waals surface area (Å²) in [5, 5.41) is 10.7. The Morgan fingerprint density at radius 1 is 1.29 bits per heavy atom. The Morgan fingerprint density at radius 3 is 2.75 bits per heavy atom. The molecule has 1 aromatic carbocycles. The number of fused-ring (bicyclic) bond motifs is 1. The summed E-state index contributed by atoms with van der Waals surface area (Å²) in [7, 11) is 1.87. The maximum Gasteiger partial charge on any atom is 0.315 e. The number of aryl methyl sites for hydroxylation is 1. The standard InChI is InChI=1S/C20H22ClN5O2/c1-25-17(15(21)9-23-25)6-16-13-4-2-3-5-14(13)18(27)26(16)10-12-7-20(8-12)11-22-19(28)24-20/h2-5,9,12,16H,6-8,10-11H2,1H3,(H2,22,24,28). The zero-order chi connectivity index (χ0) is 19.5. The van der Waals surface area contributed by atoms with Crippen LogP contribution in [-0.4, -0.2) is 45.2 Å². The van der Waals surface area contributed by atoms with E-state index in [2.05, 4.69) is 15.7 Å². The molecule has 28 heavy (non-hydrogen) atoms. The van der Waals surface area contributed by atoms with E-state index in [1.807, 2.05) is 36.2 Å². The SMILES string of the molecule is Cn1ncc(Cl)c1CC1c2ccccc2C(=O)N1CC1CC2(CNC(=O)N2)C1. The largest absolute Gasteiger partial charge is 0.336 e. The molecule has 1 atom stereocenters. The lowest BCUT2D eigenvalue weighted by Gasteiger charge is -2.46. The first-order valence-electron chi connectivity index (χ1n) is 9.58. The fourth-order valence-electron chi connectivity index (χ4n) is 5.00. The Morgan fingerprint density at radius 2 is 2.07 bits per heavy atom. The molecule has 2 fully saturated rings. The van der Waals surface area contributed by atoms with Crippen molar-refractivity contribution in [2.24, 2.45) is 13.0 Å². The predicted molar refractivity (Wildman–Crippen MR) is 104 cm³/mol. The molecule has 5 rings (SSSR count). The van der Waals surface area contributed by atoms with Gasteiger partial charge in [0.15, 0.2) is 0 Å². The summed E-state index contributed by atoms with van der Waals surface area (Å²) >= 11 is 6.34. The van der Waals surface area contributed by atoms with E-state index in [1.165, 1.54) is 0 Å². The normalized spacial score (nSPS) is 28.3. The predicted octanol–water partition coefficient (Wildman–Crippen LogP) is 2.27. The first-order chi connectivity index (χ1) is 13.5. The van der Waals surface area contributed by atoms with Gasteiger partial charge in [-0.2, -0.15) is 5.10 Å². The van der Waals surface area contributed by atoms with Crippen molar-refractivity contribution in [1.82, 2.24) is 25.3 Å². The highest BCUT2D eigenvalue weighted by Gasteiger charge is 2.50. The number of rotatable bonds is 4. The fraction of sp³-hybridized carbons (Fsp3) is 0.450. The van der Waals surface area contributed by atoms with Crippen molar-refractivity contribution < 1.29 is 9.59 Å². The quantitative estimate of drug-likeness (QED) is 0.827. The number of aromatic nitrogens is 2. The monoisotopic (exact) mass is 399 g/mol. The van der Waals surface area contributed by atoms with Gasteiger partial charge >= 0.3 is 6.03 Å². The van der Waals surface area contributed by atoms with Crippen LogP contribution >= 0.6 is 11.6 Å². The van der Waals surface area contributed by atoms with Gasteiger partial charge in [0.25, 0.3) is 5.91 Å². The molecular formula is C20H22ClN5O2. The molecule has 1 unspecified atom stereocenters. The molecule has 7 nitrogen and oxygen atoms in total. The summed E-state index contributed by atoms with van der Waals surface area (Å²) in [4.78, 5) is 26.6. The molecule has 2 N–H and O–H groups in total. The van der Waals surface area contributed by atoms with Gasteiger partial charge in [0, 0.05) is 32.1 Å². The first-order valence-corrected chi connectivity index (χ1v) is 9.96. The van der Waals surface area contributed by atoms with E-state index in [4.69, 9.17) is 11.6 Å². The fourth-order valence-corrected chi connectivity index (χ4v) is 5.25. The number of carbonyl (C=O) groups is 2. The van der Waals surface area contributed by atoms with Crippen molar-refractivity contribution in [2.45, 2.75) is 30.8 Å². The van der Waals surface area contributed by atoms with E-state index < -0.39 is 0 Å². The summed E-state index contributed by atoms with van der Waals surface area (Å²) in [6.45, 7) is 1.36. The lowest BCUT2D eigenvalue weighted by molar-refractivity contribution is 0.0525. The minimum atomic E-state index is -0.127. The van der Waals surface area contributed by atoms with Gasteiger partial charge in [-0.1, -0.05) is 29.8 Å². The summed E-state index contributed by atoms with van der Waals surface area (Å²) in [6, 6.07) is 7.68. The van der Waals surface area contributed by atoms with Crippen LogP contribution in [0, 0.1) is 5.92 Å². The van der Waals surface area contributed by atoms with Crippen molar-refractivity contribution in [3.8, 4) is 0 Å². The van der Waals surface area contributed by atoms with E-state index >= 15 is 0 Å². The number of benzene rings is 1. The van der Waals surface area contributed by atoms with E-state index in [1.54, 1.807) is 10.9 Å². The molecule has 0 bridgehead atoms. The highest BCUT2D eigenvalue weighted by Crippen LogP contribution is 2.43. The molecule has 1 saturated carbocycles. The van der Waals surface area contributed by atoms with Crippen molar-refractivity contribution in [3.63, 3.8) is 0 Å².